The Bertz CT molecular complexity index is 625. The quantitative estimate of drug-likeness (QED) is 0.177. The van der Waals surface area contributed by atoms with E-state index in [0.29, 0.717) is 0 Å². The molecule has 0 aromatic carbocycles. The molecule has 0 unspecified atom stereocenters. The molecule has 33 heavy (non-hydrogen) atoms. The van der Waals surface area contributed by atoms with Crippen molar-refractivity contribution in [3.05, 3.63) is 0 Å². The summed E-state index contributed by atoms with van der Waals surface area (Å²) in [6, 6.07) is 0. The van der Waals surface area contributed by atoms with Gasteiger partial charge < -0.3 is 69.3 Å². The lowest BCUT2D eigenvalue weighted by atomic mass is 9.96. The molecule has 3 fully saturated rings. The minimum Gasteiger partial charge on any atom is -0.394 e. The smallest absolute Gasteiger partial charge is 0.187 e. The molecule has 0 saturated carbocycles. The van der Waals surface area contributed by atoms with Gasteiger partial charge in [-0.1, -0.05) is 0 Å². The van der Waals surface area contributed by atoms with E-state index in [1.807, 2.05) is 0 Å². The zero-order valence-electron chi connectivity index (χ0n) is 18.4. The third kappa shape index (κ3) is 5.34. The highest BCUT2D eigenvalue weighted by Crippen LogP contribution is 2.33. The van der Waals surface area contributed by atoms with Crippen molar-refractivity contribution in [3.8, 4) is 0 Å². The first-order valence-corrected chi connectivity index (χ1v) is 10.7. The summed E-state index contributed by atoms with van der Waals surface area (Å²) in [5.41, 5.74) is 0. The highest BCUT2D eigenvalue weighted by molar-refractivity contribution is 4.96. The van der Waals surface area contributed by atoms with Gasteiger partial charge in [0.15, 0.2) is 18.9 Å². The van der Waals surface area contributed by atoms with Crippen LogP contribution >= 0.6 is 0 Å². The van der Waals surface area contributed by atoms with Crippen LogP contribution in [0.3, 0.4) is 0 Å². The molecule has 0 radical (unpaired) electrons. The van der Waals surface area contributed by atoms with Crippen molar-refractivity contribution in [2.75, 3.05) is 13.7 Å². The number of hydrogen-bond acceptors (Lipinski definition) is 14. The Kier molecular flexibility index (Phi) is 9.02. The third-order valence-corrected chi connectivity index (χ3v) is 6.23. The maximum Gasteiger partial charge on any atom is 0.187 e. The summed E-state index contributed by atoms with van der Waals surface area (Å²) >= 11 is 0. The van der Waals surface area contributed by atoms with E-state index in [1.54, 1.807) is 0 Å². The van der Waals surface area contributed by atoms with Crippen LogP contribution in [0.25, 0.3) is 0 Å². The lowest BCUT2D eigenvalue weighted by molar-refractivity contribution is -0.382. The Hall–Kier alpha value is -0.560. The molecule has 194 valence electrons. The summed E-state index contributed by atoms with van der Waals surface area (Å²) in [6.45, 7) is 2.24. The minimum absolute atomic E-state index is 0.646. The van der Waals surface area contributed by atoms with E-state index in [2.05, 4.69) is 0 Å². The SMILES string of the molecule is CO[C@H]1O[C@H](CO)[C@H](O[C@@H]2O[C@@H](C)[C@@H](O)[C@@H](O)[C@@H]2O)[C@H](O[C@@H]2O[C@@H](C)[C@@H](O)[C@@H](O)[C@@H]2O)[C@H]1O. The van der Waals surface area contributed by atoms with Crippen LogP contribution in [0, 0.1) is 0 Å². The monoisotopic (exact) mass is 486 g/mol. The first-order valence-electron chi connectivity index (χ1n) is 10.7. The Morgan fingerprint density at radius 3 is 1.45 bits per heavy atom. The van der Waals surface area contributed by atoms with Gasteiger partial charge in [0, 0.05) is 7.11 Å². The number of hydrogen-bond donors (Lipinski definition) is 8. The molecule has 0 aromatic heterocycles. The fraction of sp³-hybridized carbons (Fsp3) is 1.00. The van der Waals surface area contributed by atoms with Gasteiger partial charge in [-0.25, -0.2) is 0 Å². The molecule has 0 bridgehead atoms. The van der Waals surface area contributed by atoms with Crippen LogP contribution in [0.1, 0.15) is 13.8 Å². The molecule has 8 N–H and O–H groups in total. The van der Waals surface area contributed by atoms with E-state index in [4.69, 9.17) is 28.4 Å². The summed E-state index contributed by atoms with van der Waals surface area (Å²) < 4.78 is 32.9. The molecular formula is C19H34O14. The second kappa shape index (κ2) is 11.0. The van der Waals surface area contributed by atoms with E-state index in [0.717, 1.165) is 0 Å². The van der Waals surface area contributed by atoms with Crippen LogP contribution in [0.4, 0.5) is 0 Å². The van der Waals surface area contributed by atoms with Crippen molar-refractivity contribution < 1.29 is 69.3 Å². The highest BCUT2D eigenvalue weighted by Gasteiger charge is 2.53. The van der Waals surface area contributed by atoms with Crippen molar-refractivity contribution in [1.82, 2.24) is 0 Å². The molecule has 15 atom stereocenters. The number of methoxy groups -OCH3 is 1. The van der Waals surface area contributed by atoms with Crippen LogP contribution in [0.15, 0.2) is 0 Å². The van der Waals surface area contributed by atoms with Gasteiger partial charge in [0.2, 0.25) is 0 Å². The predicted molar refractivity (Wildman–Crippen MR) is 103 cm³/mol. The van der Waals surface area contributed by atoms with Crippen molar-refractivity contribution in [1.29, 1.82) is 0 Å². The van der Waals surface area contributed by atoms with Gasteiger partial charge >= 0.3 is 0 Å². The number of aliphatic hydroxyl groups excluding tert-OH is 8. The Balaban J connectivity index is 1.85. The Morgan fingerprint density at radius 1 is 0.576 bits per heavy atom. The summed E-state index contributed by atoms with van der Waals surface area (Å²) in [5.74, 6) is 0. The van der Waals surface area contributed by atoms with Crippen molar-refractivity contribution >= 4 is 0 Å². The lowest BCUT2D eigenvalue weighted by Gasteiger charge is -2.48. The van der Waals surface area contributed by atoms with E-state index >= 15 is 0 Å². The molecule has 3 aliphatic rings. The summed E-state index contributed by atoms with van der Waals surface area (Å²) in [6.07, 6.45) is -21.1. The summed E-state index contributed by atoms with van der Waals surface area (Å²) in [7, 11) is 1.24. The van der Waals surface area contributed by atoms with Gasteiger partial charge in [0.25, 0.3) is 0 Å². The van der Waals surface area contributed by atoms with Crippen molar-refractivity contribution in [2.45, 2.75) is 106 Å². The molecule has 3 saturated heterocycles. The summed E-state index contributed by atoms with van der Waals surface area (Å²) in [5, 5.41) is 81.2. The normalized spacial score (nSPS) is 53.7. The van der Waals surface area contributed by atoms with Crippen LogP contribution < -0.4 is 0 Å². The van der Waals surface area contributed by atoms with Gasteiger partial charge in [0.1, 0.15) is 61.0 Å². The molecule has 14 nitrogen and oxygen atoms in total. The number of aliphatic hydroxyl groups is 8. The Morgan fingerprint density at radius 2 is 1.03 bits per heavy atom. The molecule has 3 heterocycles. The first kappa shape index (κ1) is 27.0. The van der Waals surface area contributed by atoms with Gasteiger partial charge in [-0.05, 0) is 13.8 Å². The maximum absolute atomic E-state index is 10.8. The molecule has 0 aromatic rings. The van der Waals surface area contributed by atoms with E-state index in [-0.39, 0.29) is 0 Å². The minimum atomic E-state index is -1.70. The standard InChI is InChI=1S/C19H34O14/c1-5-8(21)10(23)12(25)18(29-5)32-15-7(4-20)31-17(28-3)14(27)16(15)33-19-13(26)11(24)9(22)6(2)30-19/h5-27H,4H2,1-3H3/t5-,6-,7+,8+,9+,10+,11+,12-,13-,14+,15-,16+,17-,18-,19-/m0/s1. The van der Waals surface area contributed by atoms with Crippen LogP contribution in [-0.4, -0.2) is 147 Å². The van der Waals surface area contributed by atoms with Crippen LogP contribution in [0.2, 0.25) is 0 Å². The zero-order valence-corrected chi connectivity index (χ0v) is 18.4. The second-order valence-electron chi connectivity index (χ2n) is 8.52. The average molecular weight is 486 g/mol. The topological polar surface area (TPSA) is 217 Å². The number of ether oxygens (including phenoxy) is 6. The van der Waals surface area contributed by atoms with Gasteiger partial charge in [-0.2, -0.15) is 0 Å². The molecule has 3 rings (SSSR count). The van der Waals surface area contributed by atoms with Crippen molar-refractivity contribution in [2.24, 2.45) is 0 Å². The van der Waals surface area contributed by atoms with Gasteiger partial charge in [-0.15, -0.1) is 0 Å². The van der Waals surface area contributed by atoms with E-state index < -0.39 is 98.7 Å². The number of rotatable bonds is 6. The zero-order chi connectivity index (χ0) is 24.6. The first-order chi connectivity index (χ1) is 15.5. The van der Waals surface area contributed by atoms with E-state index in [9.17, 15) is 40.9 Å². The fourth-order valence-electron chi connectivity index (χ4n) is 4.12. The van der Waals surface area contributed by atoms with E-state index in [1.165, 1.54) is 21.0 Å². The molecule has 14 heteroatoms. The molecule has 0 spiro atoms. The van der Waals surface area contributed by atoms with Gasteiger partial charge in [-0.3, -0.25) is 0 Å². The molecule has 3 aliphatic heterocycles. The Labute approximate surface area is 189 Å². The predicted octanol–water partition coefficient (Wildman–Crippen LogP) is -4.86. The maximum atomic E-state index is 10.8. The molecule has 0 amide bonds. The molecular weight excluding hydrogens is 452 g/mol. The highest BCUT2D eigenvalue weighted by atomic mass is 16.8. The lowest BCUT2D eigenvalue weighted by Crippen LogP contribution is -2.66. The average Bonchev–Trinajstić information content (AvgIpc) is 2.80. The van der Waals surface area contributed by atoms with Crippen LogP contribution in [-0.2, 0) is 28.4 Å². The summed E-state index contributed by atoms with van der Waals surface area (Å²) in [4.78, 5) is 0. The third-order valence-electron chi connectivity index (χ3n) is 6.23. The second-order valence-corrected chi connectivity index (χ2v) is 8.52. The fourth-order valence-corrected chi connectivity index (χ4v) is 4.12. The largest absolute Gasteiger partial charge is 0.394 e. The van der Waals surface area contributed by atoms with Gasteiger partial charge in [0.05, 0.1) is 18.8 Å². The van der Waals surface area contributed by atoms with Crippen molar-refractivity contribution in [3.63, 3.8) is 0 Å². The van der Waals surface area contributed by atoms with Crippen LogP contribution in [0.5, 0.6) is 0 Å². The molecule has 0 aliphatic carbocycles.